The Kier molecular flexibility index (Phi) is 3.05. The lowest BCUT2D eigenvalue weighted by Gasteiger charge is -2.22. The van der Waals surface area contributed by atoms with E-state index in [9.17, 15) is 0 Å². The summed E-state index contributed by atoms with van der Waals surface area (Å²) in [7, 11) is 0. The van der Waals surface area contributed by atoms with Gasteiger partial charge in [-0.25, -0.2) is 0 Å². The quantitative estimate of drug-likeness (QED) is 0.837. The molecule has 1 atom stereocenters. The highest BCUT2D eigenvalue weighted by Crippen LogP contribution is 2.35. The van der Waals surface area contributed by atoms with E-state index in [1.165, 1.54) is 12.1 Å². The van der Waals surface area contributed by atoms with Crippen molar-refractivity contribution in [1.29, 1.82) is 0 Å². The van der Waals surface area contributed by atoms with Gasteiger partial charge in [-0.15, -0.1) is 0 Å². The second kappa shape index (κ2) is 4.72. The largest absolute Gasteiger partial charge is 0.396 e. The fourth-order valence-corrected chi connectivity index (χ4v) is 2.99. The van der Waals surface area contributed by atoms with Gasteiger partial charge >= 0.3 is 0 Å². The number of hydrogen-bond acceptors (Lipinski definition) is 3. The maximum absolute atomic E-state index is 6.34. The molecular formula is C16H21N3. The highest BCUT2D eigenvalue weighted by Gasteiger charge is 2.26. The molecule has 100 valence electrons. The van der Waals surface area contributed by atoms with Crippen molar-refractivity contribution >= 4 is 22.3 Å². The predicted octanol–water partition coefficient (Wildman–Crippen LogP) is 3.30. The van der Waals surface area contributed by atoms with E-state index in [-0.39, 0.29) is 0 Å². The average Bonchev–Trinajstić information content (AvgIpc) is 2.89. The van der Waals surface area contributed by atoms with Gasteiger partial charge in [0.05, 0.1) is 16.9 Å². The fraction of sp³-hybridized carbons (Fsp3) is 0.438. The average molecular weight is 255 g/mol. The first-order valence-electron chi connectivity index (χ1n) is 7.05. The van der Waals surface area contributed by atoms with Gasteiger partial charge < -0.3 is 10.6 Å². The molecule has 3 rings (SSSR count). The smallest absolute Gasteiger partial charge is 0.0724 e. The number of hydrogen-bond donors (Lipinski definition) is 1. The Labute approximate surface area is 114 Å². The van der Waals surface area contributed by atoms with E-state index in [0.717, 1.165) is 41.5 Å². The van der Waals surface area contributed by atoms with Crippen LogP contribution < -0.4 is 10.6 Å². The predicted molar refractivity (Wildman–Crippen MR) is 81.3 cm³/mol. The molecule has 2 N–H and O–H groups in total. The lowest BCUT2D eigenvalue weighted by molar-refractivity contribution is 0.423. The third-order valence-corrected chi connectivity index (χ3v) is 4.31. The van der Waals surface area contributed by atoms with Crippen LogP contribution in [0.4, 0.5) is 11.4 Å². The molecule has 1 unspecified atom stereocenters. The van der Waals surface area contributed by atoms with Crippen molar-refractivity contribution < 1.29 is 0 Å². The summed E-state index contributed by atoms with van der Waals surface area (Å²) in [5.74, 6) is 1.53. The molecule has 3 heteroatoms. The van der Waals surface area contributed by atoms with E-state index in [2.05, 4.69) is 41.9 Å². The number of pyridine rings is 1. The van der Waals surface area contributed by atoms with Gasteiger partial charge in [-0.3, -0.25) is 4.98 Å². The molecule has 0 spiro atoms. The standard InChI is InChI=1S/C16H21N3/c1-11(2)12-7-9-19(10-12)15-6-5-14-13(16(15)17)4-3-8-18-14/h3-6,8,11-12H,7,9-10,17H2,1-2H3. The van der Waals surface area contributed by atoms with Crippen molar-refractivity contribution in [3.63, 3.8) is 0 Å². The van der Waals surface area contributed by atoms with Gasteiger partial charge in [-0.2, -0.15) is 0 Å². The molecular weight excluding hydrogens is 234 g/mol. The normalized spacial score (nSPS) is 19.5. The van der Waals surface area contributed by atoms with Crippen molar-refractivity contribution in [2.45, 2.75) is 20.3 Å². The number of nitrogens with two attached hydrogens (primary N) is 1. The third-order valence-electron chi connectivity index (χ3n) is 4.31. The number of anilines is 2. The van der Waals surface area contributed by atoms with E-state index in [1.807, 2.05) is 12.3 Å². The summed E-state index contributed by atoms with van der Waals surface area (Å²) in [6, 6.07) is 8.19. The first-order chi connectivity index (χ1) is 9.16. The molecule has 0 saturated carbocycles. The van der Waals surface area contributed by atoms with E-state index in [4.69, 9.17) is 5.73 Å². The molecule has 1 aliphatic heterocycles. The summed E-state index contributed by atoms with van der Waals surface area (Å²) in [5.41, 5.74) is 9.35. The third kappa shape index (κ3) is 2.14. The Balaban J connectivity index is 1.96. The Bertz CT molecular complexity index is 592. The molecule has 0 bridgehead atoms. The lowest BCUT2D eigenvalue weighted by Crippen LogP contribution is -2.22. The van der Waals surface area contributed by atoms with Crippen molar-refractivity contribution in [2.75, 3.05) is 23.7 Å². The van der Waals surface area contributed by atoms with Crippen LogP contribution in [-0.2, 0) is 0 Å². The molecule has 1 aliphatic rings. The van der Waals surface area contributed by atoms with Crippen molar-refractivity contribution in [2.24, 2.45) is 11.8 Å². The van der Waals surface area contributed by atoms with Gasteiger partial charge in [0, 0.05) is 24.7 Å². The molecule has 19 heavy (non-hydrogen) atoms. The van der Waals surface area contributed by atoms with Gasteiger partial charge in [0.25, 0.3) is 0 Å². The van der Waals surface area contributed by atoms with E-state index >= 15 is 0 Å². The van der Waals surface area contributed by atoms with Crippen LogP contribution in [-0.4, -0.2) is 18.1 Å². The van der Waals surface area contributed by atoms with E-state index < -0.39 is 0 Å². The molecule has 2 aromatic rings. The van der Waals surface area contributed by atoms with Gasteiger partial charge in [0.1, 0.15) is 0 Å². The molecule has 0 aliphatic carbocycles. The summed E-state index contributed by atoms with van der Waals surface area (Å²) in [6.45, 7) is 6.84. The molecule has 3 nitrogen and oxygen atoms in total. The Morgan fingerprint density at radius 3 is 2.89 bits per heavy atom. The minimum absolute atomic E-state index is 0.744. The first kappa shape index (κ1) is 12.3. The molecule has 1 aromatic carbocycles. The van der Waals surface area contributed by atoms with Crippen molar-refractivity contribution in [3.05, 3.63) is 30.5 Å². The van der Waals surface area contributed by atoms with Crippen LogP contribution >= 0.6 is 0 Å². The number of benzene rings is 1. The zero-order chi connectivity index (χ0) is 13.4. The minimum atomic E-state index is 0.744. The monoisotopic (exact) mass is 255 g/mol. The van der Waals surface area contributed by atoms with Crippen LogP contribution in [0, 0.1) is 11.8 Å². The molecule has 1 fully saturated rings. The SMILES string of the molecule is CC(C)C1CCN(c2ccc3ncccc3c2N)C1. The number of aromatic nitrogens is 1. The number of nitrogen functional groups attached to an aromatic ring is 1. The van der Waals surface area contributed by atoms with Crippen molar-refractivity contribution in [1.82, 2.24) is 4.98 Å². The topological polar surface area (TPSA) is 42.2 Å². The van der Waals surface area contributed by atoms with Crippen LogP contribution in [0.15, 0.2) is 30.5 Å². The summed E-state index contributed by atoms with van der Waals surface area (Å²) >= 11 is 0. The first-order valence-corrected chi connectivity index (χ1v) is 7.05. The van der Waals surface area contributed by atoms with Crippen molar-refractivity contribution in [3.8, 4) is 0 Å². The summed E-state index contributed by atoms with van der Waals surface area (Å²) < 4.78 is 0. The Morgan fingerprint density at radius 1 is 1.32 bits per heavy atom. The highest BCUT2D eigenvalue weighted by atomic mass is 15.2. The molecule has 0 radical (unpaired) electrons. The van der Waals surface area contributed by atoms with Crippen LogP contribution in [0.5, 0.6) is 0 Å². The number of nitrogens with zero attached hydrogens (tertiary/aromatic N) is 2. The molecule has 1 saturated heterocycles. The second-order valence-electron chi connectivity index (χ2n) is 5.81. The van der Waals surface area contributed by atoms with E-state index in [1.54, 1.807) is 0 Å². The second-order valence-corrected chi connectivity index (χ2v) is 5.81. The Morgan fingerprint density at radius 2 is 2.16 bits per heavy atom. The van der Waals surface area contributed by atoms with Crippen LogP contribution in [0.25, 0.3) is 10.9 Å². The fourth-order valence-electron chi connectivity index (χ4n) is 2.99. The van der Waals surface area contributed by atoms with Crippen LogP contribution in [0.2, 0.25) is 0 Å². The number of fused-ring (bicyclic) bond motifs is 1. The summed E-state index contributed by atoms with van der Waals surface area (Å²) in [5, 5.41) is 1.06. The van der Waals surface area contributed by atoms with E-state index in [0.29, 0.717) is 0 Å². The van der Waals surface area contributed by atoms with Gasteiger partial charge in [0.2, 0.25) is 0 Å². The van der Waals surface area contributed by atoms with Gasteiger partial charge in [0.15, 0.2) is 0 Å². The lowest BCUT2D eigenvalue weighted by atomic mass is 9.95. The minimum Gasteiger partial charge on any atom is -0.396 e. The zero-order valence-electron chi connectivity index (χ0n) is 11.6. The molecule has 0 amide bonds. The maximum atomic E-state index is 6.34. The zero-order valence-corrected chi connectivity index (χ0v) is 11.6. The maximum Gasteiger partial charge on any atom is 0.0724 e. The molecule has 2 heterocycles. The van der Waals surface area contributed by atoms with Gasteiger partial charge in [-0.1, -0.05) is 13.8 Å². The highest BCUT2D eigenvalue weighted by molar-refractivity contribution is 5.97. The molecule has 1 aromatic heterocycles. The van der Waals surface area contributed by atoms with Gasteiger partial charge in [-0.05, 0) is 42.5 Å². The summed E-state index contributed by atoms with van der Waals surface area (Å²) in [4.78, 5) is 6.78. The summed E-state index contributed by atoms with van der Waals surface area (Å²) in [6.07, 6.45) is 3.08. The Hall–Kier alpha value is -1.77. The number of rotatable bonds is 2. The van der Waals surface area contributed by atoms with Crippen LogP contribution in [0.1, 0.15) is 20.3 Å². The van der Waals surface area contributed by atoms with Crippen LogP contribution in [0.3, 0.4) is 0 Å².